The number of nitrogens with one attached hydrogen (secondary N) is 1. The summed E-state index contributed by atoms with van der Waals surface area (Å²) >= 11 is 1.26. The molecule has 0 aliphatic rings. The Morgan fingerprint density at radius 3 is 2.78 bits per heavy atom. The lowest BCUT2D eigenvalue weighted by atomic mass is 10.1. The first-order valence-electron chi connectivity index (χ1n) is 7.29. The fourth-order valence-electron chi connectivity index (χ4n) is 1.96. The zero-order chi connectivity index (χ0) is 16.7. The Kier molecular flexibility index (Phi) is 6.25. The second kappa shape index (κ2) is 8.40. The Morgan fingerprint density at radius 1 is 1.35 bits per heavy atom. The van der Waals surface area contributed by atoms with Crippen LogP contribution >= 0.6 is 11.3 Å². The summed E-state index contributed by atoms with van der Waals surface area (Å²) in [4.78, 5) is 27.7. The lowest BCUT2D eigenvalue weighted by Crippen LogP contribution is -2.37. The van der Waals surface area contributed by atoms with E-state index in [9.17, 15) is 9.59 Å². The van der Waals surface area contributed by atoms with Gasteiger partial charge in [0.05, 0.1) is 24.8 Å². The standard InChI is InChI=1S/C16H19N3O3S/c1-2-22-14(20)9-12-10-23-16(18-12)19-15(21)13(17)8-11-6-4-3-5-7-11/h3-7,10,13H,2,8-9,17H2,1H3,(H,18,19,21)/t13-/m0/s1. The predicted octanol–water partition coefficient (Wildman–Crippen LogP) is 1.76. The molecule has 0 spiro atoms. The van der Waals surface area contributed by atoms with E-state index >= 15 is 0 Å². The molecule has 0 saturated carbocycles. The van der Waals surface area contributed by atoms with Crippen LogP contribution in [-0.2, 0) is 27.2 Å². The first kappa shape index (κ1) is 17.1. The first-order valence-corrected chi connectivity index (χ1v) is 8.17. The van der Waals surface area contributed by atoms with Crippen molar-refractivity contribution < 1.29 is 14.3 Å². The molecule has 1 atom stereocenters. The van der Waals surface area contributed by atoms with E-state index in [0.29, 0.717) is 23.9 Å². The lowest BCUT2D eigenvalue weighted by molar-refractivity contribution is -0.142. The molecule has 122 valence electrons. The van der Waals surface area contributed by atoms with E-state index in [1.807, 2.05) is 30.3 Å². The van der Waals surface area contributed by atoms with Gasteiger partial charge in [-0.05, 0) is 18.9 Å². The van der Waals surface area contributed by atoms with Crippen LogP contribution in [0.25, 0.3) is 0 Å². The molecule has 6 nitrogen and oxygen atoms in total. The Hall–Kier alpha value is -2.25. The number of thiazole rings is 1. The minimum atomic E-state index is -0.658. The minimum Gasteiger partial charge on any atom is -0.466 e. The number of nitrogens with two attached hydrogens (primary N) is 1. The van der Waals surface area contributed by atoms with Crippen LogP contribution in [0, 0.1) is 0 Å². The number of carbonyl (C=O) groups is 2. The average molecular weight is 333 g/mol. The van der Waals surface area contributed by atoms with E-state index in [4.69, 9.17) is 10.5 Å². The van der Waals surface area contributed by atoms with Crippen molar-refractivity contribution in [1.29, 1.82) is 0 Å². The summed E-state index contributed by atoms with van der Waals surface area (Å²) in [6.45, 7) is 2.08. The quantitative estimate of drug-likeness (QED) is 0.753. The summed E-state index contributed by atoms with van der Waals surface area (Å²) in [7, 11) is 0. The second-order valence-corrected chi connectivity index (χ2v) is 5.77. The monoisotopic (exact) mass is 333 g/mol. The maximum absolute atomic E-state index is 12.1. The number of benzene rings is 1. The van der Waals surface area contributed by atoms with Crippen molar-refractivity contribution in [2.45, 2.75) is 25.8 Å². The minimum absolute atomic E-state index is 0.0935. The van der Waals surface area contributed by atoms with Gasteiger partial charge in [0, 0.05) is 5.38 Å². The third-order valence-corrected chi connectivity index (χ3v) is 3.85. The number of nitrogens with zero attached hydrogens (tertiary/aromatic N) is 1. The van der Waals surface area contributed by atoms with Crippen LogP contribution in [0.1, 0.15) is 18.2 Å². The molecule has 3 N–H and O–H groups in total. The Labute approximate surface area is 138 Å². The molecule has 1 heterocycles. The number of rotatable bonds is 7. The fourth-order valence-corrected chi connectivity index (χ4v) is 2.68. The van der Waals surface area contributed by atoms with Crippen LogP contribution in [0.2, 0.25) is 0 Å². The number of esters is 1. The van der Waals surface area contributed by atoms with Gasteiger partial charge in [0.1, 0.15) is 0 Å². The average Bonchev–Trinajstić information content (AvgIpc) is 2.95. The molecule has 1 amide bonds. The lowest BCUT2D eigenvalue weighted by Gasteiger charge is -2.10. The van der Waals surface area contributed by atoms with Crippen molar-refractivity contribution in [1.82, 2.24) is 4.98 Å². The molecule has 0 fully saturated rings. The van der Waals surface area contributed by atoms with Gasteiger partial charge < -0.3 is 15.8 Å². The molecule has 7 heteroatoms. The summed E-state index contributed by atoms with van der Waals surface area (Å²) in [6, 6.07) is 8.91. The summed E-state index contributed by atoms with van der Waals surface area (Å²) < 4.78 is 4.86. The maximum atomic E-state index is 12.1. The molecule has 1 aromatic carbocycles. The zero-order valence-corrected chi connectivity index (χ0v) is 13.6. The fraction of sp³-hybridized carbons (Fsp3) is 0.312. The SMILES string of the molecule is CCOC(=O)Cc1csc(NC(=O)[C@@H](N)Cc2ccccc2)n1. The smallest absolute Gasteiger partial charge is 0.311 e. The van der Waals surface area contributed by atoms with Gasteiger partial charge in [-0.1, -0.05) is 30.3 Å². The van der Waals surface area contributed by atoms with Crippen molar-refractivity contribution in [3.8, 4) is 0 Å². The van der Waals surface area contributed by atoms with E-state index in [-0.39, 0.29) is 18.3 Å². The molecule has 0 saturated heterocycles. The summed E-state index contributed by atoms with van der Waals surface area (Å²) in [5.74, 6) is -0.637. The van der Waals surface area contributed by atoms with E-state index in [1.54, 1.807) is 12.3 Å². The van der Waals surface area contributed by atoms with Gasteiger partial charge in [-0.3, -0.25) is 9.59 Å². The number of carbonyl (C=O) groups excluding carboxylic acids is 2. The molecule has 0 aliphatic carbocycles. The highest BCUT2D eigenvalue weighted by molar-refractivity contribution is 7.13. The van der Waals surface area contributed by atoms with Gasteiger partial charge in [0.2, 0.25) is 5.91 Å². The van der Waals surface area contributed by atoms with Crippen LogP contribution in [0.4, 0.5) is 5.13 Å². The zero-order valence-electron chi connectivity index (χ0n) is 12.8. The number of aromatic nitrogens is 1. The van der Waals surface area contributed by atoms with Crippen molar-refractivity contribution in [2.75, 3.05) is 11.9 Å². The van der Waals surface area contributed by atoms with Gasteiger partial charge in [0.25, 0.3) is 0 Å². The molecule has 1 aromatic heterocycles. The van der Waals surface area contributed by atoms with Crippen molar-refractivity contribution >= 4 is 28.3 Å². The van der Waals surface area contributed by atoms with E-state index in [1.165, 1.54) is 11.3 Å². The predicted molar refractivity (Wildman–Crippen MR) is 89.2 cm³/mol. The third-order valence-electron chi connectivity index (χ3n) is 3.05. The normalized spacial score (nSPS) is 11.7. The Bertz CT molecular complexity index is 658. The highest BCUT2D eigenvalue weighted by Gasteiger charge is 2.16. The Morgan fingerprint density at radius 2 is 2.09 bits per heavy atom. The molecule has 2 aromatic rings. The topological polar surface area (TPSA) is 94.3 Å². The number of ether oxygens (including phenoxy) is 1. The number of hydrogen-bond acceptors (Lipinski definition) is 6. The summed E-state index contributed by atoms with van der Waals surface area (Å²) in [5.41, 5.74) is 7.48. The molecule has 2 rings (SSSR count). The number of amides is 1. The molecule has 23 heavy (non-hydrogen) atoms. The third kappa shape index (κ3) is 5.46. The van der Waals surface area contributed by atoms with E-state index < -0.39 is 6.04 Å². The van der Waals surface area contributed by atoms with E-state index in [0.717, 1.165) is 5.56 Å². The summed E-state index contributed by atoms with van der Waals surface area (Å²) in [5, 5.41) is 4.82. The molecule has 0 unspecified atom stereocenters. The number of anilines is 1. The summed E-state index contributed by atoms with van der Waals surface area (Å²) in [6.07, 6.45) is 0.546. The van der Waals surface area contributed by atoms with Crippen LogP contribution in [0.15, 0.2) is 35.7 Å². The molecule has 0 aliphatic heterocycles. The van der Waals surface area contributed by atoms with Gasteiger partial charge in [-0.25, -0.2) is 4.98 Å². The van der Waals surface area contributed by atoms with E-state index in [2.05, 4.69) is 10.3 Å². The van der Waals surface area contributed by atoms with Crippen LogP contribution < -0.4 is 11.1 Å². The maximum Gasteiger partial charge on any atom is 0.311 e. The highest BCUT2D eigenvalue weighted by atomic mass is 32.1. The molecule has 0 bridgehead atoms. The van der Waals surface area contributed by atoms with Gasteiger partial charge in [0.15, 0.2) is 5.13 Å². The van der Waals surface area contributed by atoms with Crippen LogP contribution in [-0.4, -0.2) is 29.5 Å². The van der Waals surface area contributed by atoms with Crippen LogP contribution in [0.5, 0.6) is 0 Å². The largest absolute Gasteiger partial charge is 0.466 e. The Balaban J connectivity index is 1.87. The van der Waals surface area contributed by atoms with Gasteiger partial charge in [-0.2, -0.15) is 0 Å². The van der Waals surface area contributed by atoms with Gasteiger partial charge >= 0.3 is 5.97 Å². The second-order valence-electron chi connectivity index (χ2n) is 4.91. The van der Waals surface area contributed by atoms with Gasteiger partial charge in [-0.15, -0.1) is 11.3 Å². The van der Waals surface area contributed by atoms with Crippen molar-refractivity contribution in [3.63, 3.8) is 0 Å². The van der Waals surface area contributed by atoms with Crippen molar-refractivity contribution in [3.05, 3.63) is 47.0 Å². The number of hydrogen-bond donors (Lipinski definition) is 2. The molecular formula is C16H19N3O3S. The molecule has 0 radical (unpaired) electrons. The van der Waals surface area contributed by atoms with Crippen molar-refractivity contribution in [2.24, 2.45) is 5.73 Å². The molecular weight excluding hydrogens is 314 g/mol. The first-order chi connectivity index (χ1) is 11.1. The highest BCUT2D eigenvalue weighted by Crippen LogP contribution is 2.16. The van der Waals surface area contributed by atoms with Crippen LogP contribution in [0.3, 0.4) is 0 Å².